The predicted molar refractivity (Wildman–Crippen MR) is 92.6 cm³/mol. The van der Waals surface area contributed by atoms with Gasteiger partial charge in [0.1, 0.15) is 0 Å². The lowest BCUT2D eigenvalue weighted by molar-refractivity contribution is -0.125. The molecule has 0 bridgehead atoms. The average molecular weight is 345 g/mol. The molecule has 3 amide bonds. The van der Waals surface area contributed by atoms with Gasteiger partial charge in [0.25, 0.3) is 5.91 Å². The van der Waals surface area contributed by atoms with E-state index in [2.05, 4.69) is 10.6 Å². The van der Waals surface area contributed by atoms with Gasteiger partial charge in [0.15, 0.2) is 0 Å². The molecule has 1 aliphatic carbocycles. The molecule has 1 saturated carbocycles. The summed E-state index contributed by atoms with van der Waals surface area (Å²) in [7, 11) is 0. The number of rotatable bonds is 6. The van der Waals surface area contributed by atoms with E-state index in [1.54, 1.807) is 6.07 Å². The molecular weight excluding hydrogens is 326 g/mol. The van der Waals surface area contributed by atoms with E-state index in [-0.39, 0.29) is 29.7 Å². The molecule has 1 fully saturated rings. The SMILES string of the molecule is C[C@@H](CNC(=O)[C@@H]1C[C@@H]1C(N)=O)NC(=O)c1cccc2ccsc12. The zero-order chi connectivity index (χ0) is 17.3. The van der Waals surface area contributed by atoms with Crippen LogP contribution < -0.4 is 16.4 Å². The van der Waals surface area contributed by atoms with E-state index in [0.717, 1.165) is 10.1 Å². The van der Waals surface area contributed by atoms with Crippen molar-refractivity contribution < 1.29 is 14.4 Å². The molecule has 2 aromatic rings. The fraction of sp³-hybridized carbons (Fsp3) is 0.353. The van der Waals surface area contributed by atoms with Crippen LogP contribution in [-0.2, 0) is 9.59 Å². The summed E-state index contributed by atoms with van der Waals surface area (Å²) >= 11 is 1.53. The summed E-state index contributed by atoms with van der Waals surface area (Å²) in [5.41, 5.74) is 5.81. The van der Waals surface area contributed by atoms with Gasteiger partial charge >= 0.3 is 0 Å². The first kappa shape index (κ1) is 16.4. The molecule has 126 valence electrons. The van der Waals surface area contributed by atoms with Gasteiger partial charge in [0.2, 0.25) is 11.8 Å². The van der Waals surface area contributed by atoms with Crippen LogP contribution >= 0.6 is 11.3 Å². The van der Waals surface area contributed by atoms with Gasteiger partial charge in [0, 0.05) is 17.3 Å². The van der Waals surface area contributed by atoms with Gasteiger partial charge in [-0.1, -0.05) is 12.1 Å². The molecule has 1 aliphatic rings. The Morgan fingerprint density at radius 2 is 2.08 bits per heavy atom. The Morgan fingerprint density at radius 1 is 1.29 bits per heavy atom. The summed E-state index contributed by atoms with van der Waals surface area (Å²) in [5, 5.41) is 8.64. The van der Waals surface area contributed by atoms with E-state index in [4.69, 9.17) is 5.73 Å². The minimum absolute atomic E-state index is 0.161. The second kappa shape index (κ2) is 6.60. The molecule has 1 aromatic carbocycles. The topological polar surface area (TPSA) is 101 Å². The normalized spacial score (nSPS) is 20.4. The third-order valence-corrected chi connectivity index (χ3v) is 5.14. The molecule has 3 atom stereocenters. The zero-order valence-corrected chi connectivity index (χ0v) is 14.1. The van der Waals surface area contributed by atoms with Crippen LogP contribution in [0.1, 0.15) is 23.7 Å². The highest BCUT2D eigenvalue weighted by Crippen LogP contribution is 2.38. The minimum Gasteiger partial charge on any atom is -0.369 e. The number of amides is 3. The molecule has 6 nitrogen and oxygen atoms in total. The molecular formula is C17H19N3O3S. The van der Waals surface area contributed by atoms with Crippen molar-refractivity contribution in [2.24, 2.45) is 17.6 Å². The number of carbonyl (C=O) groups excluding carboxylic acids is 3. The number of hydrogen-bond donors (Lipinski definition) is 3. The van der Waals surface area contributed by atoms with Crippen LogP contribution in [0.4, 0.5) is 0 Å². The van der Waals surface area contributed by atoms with Gasteiger partial charge in [-0.3, -0.25) is 14.4 Å². The number of thiophene rings is 1. The van der Waals surface area contributed by atoms with Crippen LogP contribution in [0.2, 0.25) is 0 Å². The van der Waals surface area contributed by atoms with Crippen molar-refractivity contribution in [2.45, 2.75) is 19.4 Å². The minimum atomic E-state index is -0.430. The van der Waals surface area contributed by atoms with Crippen molar-refractivity contribution in [2.75, 3.05) is 6.54 Å². The Labute approximate surface area is 143 Å². The summed E-state index contributed by atoms with van der Waals surface area (Å²) in [4.78, 5) is 35.3. The van der Waals surface area contributed by atoms with Crippen LogP contribution in [0.25, 0.3) is 10.1 Å². The van der Waals surface area contributed by atoms with Crippen LogP contribution in [0.5, 0.6) is 0 Å². The van der Waals surface area contributed by atoms with E-state index in [1.165, 1.54) is 11.3 Å². The summed E-state index contributed by atoms with van der Waals surface area (Å²) < 4.78 is 0.952. The number of primary amides is 1. The number of benzene rings is 1. The van der Waals surface area contributed by atoms with E-state index in [1.807, 2.05) is 30.5 Å². The Balaban J connectivity index is 1.52. The number of nitrogens with one attached hydrogen (secondary N) is 2. The Morgan fingerprint density at radius 3 is 2.79 bits per heavy atom. The fourth-order valence-electron chi connectivity index (χ4n) is 2.71. The number of hydrogen-bond acceptors (Lipinski definition) is 4. The van der Waals surface area contributed by atoms with E-state index in [0.29, 0.717) is 18.5 Å². The van der Waals surface area contributed by atoms with E-state index >= 15 is 0 Å². The molecule has 0 saturated heterocycles. The summed E-state index contributed by atoms with van der Waals surface area (Å²) in [5.74, 6) is -1.43. The van der Waals surface area contributed by atoms with Crippen molar-refractivity contribution in [1.82, 2.24) is 10.6 Å². The number of nitrogens with two attached hydrogens (primary N) is 1. The highest BCUT2D eigenvalue weighted by molar-refractivity contribution is 7.17. The second-order valence-corrected chi connectivity index (χ2v) is 7.03. The molecule has 3 rings (SSSR count). The van der Waals surface area contributed by atoms with Gasteiger partial charge in [-0.05, 0) is 36.2 Å². The largest absolute Gasteiger partial charge is 0.369 e. The molecule has 24 heavy (non-hydrogen) atoms. The first-order valence-electron chi connectivity index (χ1n) is 7.81. The fourth-order valence-corrected chi connectivity index (χ4v) is 3.62. The van der Waals surface area contributed by atoms with Crippen molar-refractivity contribution in [3.05, 3.63) is 35.2 Å². The third kappa shape index (κ3) is 3.41. The molecule has 0 aliphatic heterocycles. The van der Waals surface area contributed by atoms with Gasteiger partial charge < -0.3 is 16.4 Å². The summed E-state index contributed by atoms with van der Waals surface area (Å²) in [6, 6.07) is 7.37. The highest BCUT2D eigenvalue weighted by atomic mass is 32.1. The van der Waals surface area contributed by atoms with Crippen LogP contribution in [0.15, 0.2) is 29.6 Å². The maximum absolute atomic E-state index is 12.4. The quantitative estimate of drug-likeness (QED) is 0.734. The molecule has 4 N–H and O–H groups in total. The smallest absolute Gasteiger partial charge is 0.253 e. The van der Waals surface area contributed by atoms with Crippen molar-refractivity contribution >= 4 is 39.1 Å². The average Bonchev–Trinajstić information content (AvgIpc) is 3.22. The molecule has 0 radical (unpaired) electrons. The predicted octanol–water partition coefficient (Wildman–Crippen LogP) is 1.26. The number of carbonyl (C=O) groups is 3. The lowest BCUT2D eigenvalue weighted by Crippen LogP contribution is -2.42. The summed E-state index contributed by atoms with van der Waals surface area (Å²) in [6.07, 6.45) is 0.516. The third-order valence-electron chi connectivity index (χ3n) is 4.18. The second-order valence-electron chi connectivity index (χ2n) is 6.12. The standard InChI is InChI=1S/C17H19N3O3S/c1-9(8-19-16(22)13-7-12(13)15(18)21)20-17(23)11-4-2-3-10-5-6-24-14(10)11/h2-6,9,12-13H,7-8H2,1H3,(H2,18,21)(H,19,22)(H,20,23)/t9-,12-,13+/m0/s1. The first-order chi connectivity index (χ1) is 11.5. The van der Waals surface area contributed by atoms with E-state index < -0.39 is 5.91 Å². The van der Waals surface area contributed by atoms with Crippen molar-refractivity contribution in [3.63, 3.8) is 0 Å². The van der Waals surface area contributed by atoms with Crippen LogP contribution in [-0.4, -0.2) is 30.3 Å². The monoisotopic (exact) mass is 345 g/mol. The van der Waals surface area contributed by atoms with Crippen LogP contribution in [0.3, 0.4) is 0 Å². The maximum atomic E-state index is 12.4. The highest BCUT2D eigenvalue weighted by Gasteiger charge is 2.46. The Hall–Kier alpha value is -2.41. The lowest BCUT2D eigenvalue weighted by atomic mass is 10.1. The summed E-state index contributed by atoms with van der Waals surface area (Å²) in [6.45, 7) is 2.14. The van der Waals surface area contributed by atoms with Crippen molar-refractivity contribution in [3.8, 4) is 0 Å². The van der Waals surface area contributed by atoms with E-state index in [9.17, 15) is 14.4 Å². The first-order valence-corrected chi connectivity index (χ1v) is 8.69. The van der Waals surface area contributed by atoms with Crippen molar-refractivity contribution in [1.29, 1.82) is 0 Å². The molecule has 7 heteroatoms. The van der Waals surface area contributed by atoms with Gasteiger partial charge in [-0.25, -0.2) is 0 Å². The van der Waals surface area contributed by atoms with Gasteiger partial charge in [-0.2, -0.15) is 0 Å². The van der Waals surface area contributed by atoms with Gasteiger partial charge in [0.05, 0.1) is 17.4 Å². The lowest BCUT2D eigenvalue weighted by Gasteiger charge is -2.15. The Kier molecular flexibility index (Phi) is 4.53. The molecule has 1 aromatic heterocycles. The zero-order valence-electron chi connectivity index (χ0n) is 13.2. The molecule has 1 heterocycles. The molecule has 0 unspecified atom stereocenters. The van der Waals surface area contributed by atoms with Crippen LogP contribution in [0, 0.1) is 11.8 Å². The molecule has 0 spiro atoms. The Bertz CT molecular complexity index is 801. The number of fused-ring (bicyclic) bond motifs is 1. The van der Waals surface area contributed by atoms with Gasteiger partial charge in [-0.15, -0.1) is 11.3 Å². The maximum Gasteiger partial charge on any atom is 0.253 e.